The van der Waals surface area contributed by atoms with Crippen LogP contribution in [0, 0.1) is 0 Å². The predicted octanol–water partition coefficient (Wildman–Crippen LogP) is 1.88. The third-order valence-electron chi connectivity index (χ3n) is 4.50. The van der Waals surface area contributed by atoms with Crippen LogP contribution in [0.1, 0.15) is 5.56 Å². The lowest BCUT2D eigenvalue weighted by Gasteiger charge is -2.36. The molecule has 138 valence electrons. The first kappa shape index (κ1) is 17.8. The fraction of sp³-hybridized carbons (Fsp3) is 0.368. The second-order valence-corrected chi connectivity index (χ2v) is 6.54. The van der Waals surface area contributed by atoms with E-state index in [1.165, 1.54) is 0 Å². The normalized spacial score (nSPS) is 14.2. The van der Waals surface area contributed by atoms with Gasteiger partial charge in [0, 0.05) is 53.0 Å². The first-order valence-corrected chi connectivity index (χ1v) is 8.72. The van der Waals surface area contributed by atoms with Crippen LogP contribution in [0.25, 0.3) is 0 Å². The molecule has 7 heteroatoms. The summed E-state index contributed by atoms with van der Waals surface area (Å²) in [5.74, 6) is 1.15. The predicted molar refractivity (Wildman–Crippen MR) is 103 cm³/mol. The number of para-hydroxylation sites is 2. The molecule has 1 aliphatic heterocycles. The average molecular weight is 355 g/mol. The highest BCUT2D eigenvalue weighted by atomic mass is 16.3. The molecule has 0 radical (unpaired) electrons. The van der Waals surface area contributed by atoms with E-state index >= 15 is 0 Å². The highest BCUT2D eigenvalue weighted by Crippen LogP contribution is 2.27. The maximum absolute atomic E-state index is 12.4. The summed E-state index contributed by atoms with van der Waals surface area (Å²) in [5.41, 5.74) is 1.84. The van der Waals surface area contributed by atoms with Gasteiger partial charge in [0.25, 0.3) is 0 Å². The molecule has 1 fully saturated rings. The Morgan fingerprint density at radius 2 is 1.92 bits per heavy atom. The molecule has 7 nitrogen and oxygen atoms in total. The van der Waals surface area contributed by atoms with Crippen LogP contribution in [0.4, 0.5) is 16.3 Å². The Balaban J connectivity index is 1.51. The van der Waals surface area contributed by atoms with E-state index in [0.717, 1.165) is 17.1 Å². The molecule has 2 amide bonds. The Kier molecular flexibility index (Phi) is 5.46. The monoisotopic (exact) mass is 355 g/mol. The standard InChI is InChI=1S/C19H25N5O2/c1-22(2)18-13-15(7-8-20-18)14-21-19(26)24-11-9-23(10-12-24)16-5-3-4-6-17(16)25/h3-8,13,25H,9-12,14H2,1-2H3,(H,21,26). The molecule has 1 aromatic heterocycles. The number of phenols is 1. The highest BCUT2D eigenvalue weighted by Gasteiger charge is 2.22. The van der Waals surface area contributed by atoms with Gasteiger partial charge in [-0.05, 0) is 29.8 Å². The number of carbonyl (C=O) groups excluding carboxylic acids is 1. The number of rotatable bonds is 4. The maximum atomic E-state index is 12.4. The van der Waals surface area contributed by atoms with E-state index in [0.29, 0.717) is 32.7 Å². The van der Waals surface area contributed by atoms with Gasteiger partial charge in [-0.25, -0.2) is 9.78 Å². The van der Waals surface area contributed by atoms with Crippen molar-refractivity contribution in [3.05, 3.63) is 48.2 Å². The van der Waals surface area contributed by atoms with Gasteiger partial charge in [0.1, 0.15) is 11.6 Å². The zero-order valence-corrected chi connectivity index (χ0v) is 15.2. The maximum Gasteiger partial charge on any atom is 0.317 e. The molecule has 0 atom stereocenters. The molecule has 0 aliphatic carbocycles. The molecule has 0 saturated carbocycles. The summed E-state index contributed by atoms with van der Waals surface area (Å²) in [4.78, 5) is 22.5. The first-order valence-electron chi connectivity index (χ1n) is 8.72. The number of hydrogen-bond acceptors (Lipinski definition) is 5. The second-order valence-electron chi connectivity index (χ2n) is 6.54. The Morgan fingerprint density at radius 3 is 2.62 bits per heavy atom. The molecule has 0 unspecified atom stereocenters. The number of amides is 2. The molecule has 2 heterocycles. The van der Waals surface area contributed by atoms with Gasteiger partial charge in [0.2, 0.25) is 0 Å². The van der Waals surface area contributed by atoms with Gasteiger partial charge in [-0.3, -0.25) is 0 Å². The van der Waals surface area contributed by atoms with Crippen molar-refractivity contribution in [2.45, 2.75) is 6.54 Å². The van der Waals surface area contributed by atoms with Crippen molar-refractivity contribution in [2.75, 3.05) is 50.1 Å². The molecular weight excluding hydrogens is 330 g/mol. The number of piperazine rings is 1. The number of carbonyl (C=O) groups is 1. The Morgan fingerprint density at radius 1 is 1.19 bits per heavy atom. The number of nitrogens with one attached hydrogen (secondary N) is 1. The van der Waals surface area contributed by atoms with Crippen molar-refractivity contribution in [3.8, 4) is 5.75 Å². The van der Waals surface area contributed by atoms with Crippen LogP contribution in [-0.2, 0) is 6.54 Å². The number of pyridine rings is 1. The van der Waals surface area contributed by atoms with Gasteiger partial charge >= 0.3 is 6.03 Å². The van der Waals surface area contributed by atoms with Crippen molar-refractivity contribution in [1.82, 2.24) is 15.2 Å². The van der Waals surface area contributed by atoms with E-state index in [1.54, 1.807) is 12.3 Å². The number of hydrogen-bond donors (Lipinski definition) is 2. The summed E-state index contributed by atoms with van der Waals surface area (Å²) in [5, 5.41) is 12.9. The summed E-state index contributed by atoms with van der Waals surface area (Å²) in [6.45, 7) is 3.12. The molecule has 0 spiro atoms. The number of nitrogens with zero attached hydrogens (tertiary/aromatic N) is 4. The molecule has 0 bridgehead atoms. The molecule has 2 N–H and O–H groups in total. The number of urea groups is 1. The molecule has 3 rings (SSSR count). The molecule has 1 aliphatic rings. The van der Waals surface area contributed by atoms with E-state index in [-0.39, 0.29) is 11.8 Å². The number of aromatic hydroxyl groups is 1. The average Bonchev–Trinajstić information content (AvgIpc) is 2.67. The van der Waals surface area contributed by atoms with Crippen LogP contribution in [0.3, 0.4) is 0 Å². The van der Waals surface area contributed by atoms with Crippen molar-refractivity contribution < 1.29 is 9.90 Å². The molecular formula is C19H25N5O2. The van der Waals surface area contributed by atoms with E-state index < -0.39 is 0 Å². The Bertz CT molecular complexity index is 757. The van der Waals surface area contributed by atoms with Crippen LogP contribution in [0.2, 0.25) is 0 Å². The minimum Gasteiger partial charge on any atom is -0.506 e. The van der Waals surface area contributed by atoms with Crippen molar-refractivity contribution in [3.63, 3.8) is 0 Å². The highest BCUT2D eigenvalue weighted by molar-refractivity contribution is 5.74. The van der Waals surface area contributed by atoms with Crippen molar-refractivity contribution in [1.29, 1.82) is 0 Å². The summed E-state index contributed by atoms with van der Waals surface area (Å²) in [6, 6.07) is 11.1. The molecule has 2 aromatic rings. The third kappa shape index (κ3) is 4.17. The summed E-state index contributed by atoms with van der Waals surface area (Å²) in [7, 11) is 3.88. The smallest absolute Gasteiger partial charge is 0.317 e. The van der Waals surface area contributed by atoms with Crippen molar-refractivity contribution >= 4 is 17.5 Å². The van der Waals surface area contributed by atoms with Crippen molar-refractivity contribution in [2.24, 2.45) is 0 Å². The number of phenolic OH excluding ortho intramolecular Hbond substituents is 1. The zero-order valence-electron chi connectivity index (χ0n) is 15.2. The number of aromatic nitrogens is 1. The van der Waals surface area contributed by atoms with Gasteiger partial charge in [0.05, 0.1) is 5.69 Å². The van der Waals surface area contributed by atoms with Gasteiger partial charge < -0.3 is 25.1 Å². The fourth-order valence-electron chi connectivity index (χ4n) is 2.99. The number of anilines is 2. The van der Waals surface area contributed by atoms with E-state index in [9.17, 15) is 9.90 Å². The Hall–Kier alpha value is -2.96. The zero-order chi connectivity index (χ0) is 18.5. The fourth-order valence-corrected chi connectivity index (χ4v) is 2.99. The molecule has 1 saturated heterocycles. The summed E-state index contributed by atoms with van der Waals surface area (Å²) >= 11 is 0. The Labute approximate surface area is 153 Å². The minimum absolute atomic E-state index is 0.0647. The van der Waals surface area contributed by atoms with Crippen LogP contribution in [-0.4, -0.2) is 61.3 Å². The largest absolute Gasteiger partial charge is 0.506 e. The minimum atomic E-state index is -0.0647. The topological polar surface area (TPSA) is 71.9 Å². The first-order chi connectivity index (χ1) is 12.5. The van der Waals surface area contributed by atoms with E-state index in [4.69, 9.17) is 0 Å². The van der Waals surface area contributed by atoms with E-state index in [1.807, 2.05) is 54.2 Å². The molecule has 1 aromatic carbocycles. The van der Waals surface area contributed by atoms with Gasteiger partial charge in [-0.1, -0.05) is 12.1 Å². The quantitative estimate of drug-likeness (QED) is 0.876. The van der Waals surface area contributed by atoms with E-state index in [2.05, 4.69) is 15.2 Å². The van der Waals surface area contributed by atoms with Crippen LogP contribution < -0.4 is 15.1 Å². The summed E-state index contributed by atoms with van der Waals surface area (Å²) in [6.07, 6.45) is 1.75. The van der Waals surface area contributed by atoms with Gasteiger partial charge in [0.15, 0.2) is 0 Å². The number of benzene rings is 1. The molecule has 26 heavy (non-hydrogen) atoms. The summed E-state index contributed by atoms with van der Waals surface area (Å²) < 4.78 is 0. The lowest BCUT2D eigenvalue weighted by molar-refractivity contribution is 0.194. The van der Waals surface area contributed by atoms with Crippen LogP contribution in [0.5, 0.6) is 5.75 Å². The van der Waals surface area contributed by atoms with Gasteiger partial charge in [-0.15, -0.1) is 0 Å². The SMILES string of the molecule is CN(C)c1cc(CNC(=O)N2CCN(c3ccccc3O)CC2)ccn1. The van der Waals surface area contributed by atoms with Crippen LogP contribution in [0.15, 0.2) is 42.6 Å². The van der Waals surface area contributed by atoms with Gasteiger partial charge in [-0.2, -0.15) is 0 Å². The lowest BCUT2D eigenvalue weighted by atomic mass is 10.2. The second kappa shape index (κ2) is 7.95. The lowest BCUT2D eigenvalue weighted by Crippen LogP contribution is -2.51. The third-order valence-corrected chi connectivity index (χ3v) is 4.50. The van der Waals surface area contributed by atoms with Crippen LogP contribution >= 0.6 is 0 Å².